The normalized spacial score (nSPS) is 7.94. The second kappa shape index (κ2) is 11.5. The zero-order valence-corrected chi connectivity index (χ0v) is 10.6. The Kier molecular flexibility index (Phi) is 12.1. The number of hydrogen-bond donors (Lipinski definition) is 1. The van der Waals surface area contributed by atoms with Crippen molar-refractivity contribution in [2.45, 2.75) is 33.6 Å². The molecule has 0 radical (unpaired) electrons. The van der Waals surface area contributed by atoms with Crippen molar-refractivity contribution >= 4 is 11.5 Å². The maximum absolute atomic E-state index is 11.2. The van der Waals surface area contributed by atoms with Crippen LogP contribution >= 0.6 is 0 Å². The lowest BCUT2D eigenvalue weighted by molar-refractivity contribution is 0.0989. The molecule has 2 nitrogen and oxygen atoms in total. The van der Waals surface area contributed by atoms with Gasteiger partial charge in [0.2, 0.25) is 0 Å². The molecule has 0 unspecified atom stereocenters. The van der Waals surface area contributed by atoms with E-state index in [0.717, 1.165) is 0 Å². The molecular weight excluding hydrogens is 198 g/mol. The summed E-state index contributed by atoms with van der Waals surface area (Å²) in [6.45, 7) is 12.1. The van der Waals surface area contributed by atoms with Crippen molar-refractivity contribution in [3.63, 3.8) is 0 Å². The van der Waals surface area contributed by atoms with Crippen molar-refractivity contribution in [1.82, 2.24) is 0 Å². The minimum Gasteiger partial charge on any atom is -0.398 e. The highest BCUT2D eigenvalue weighted by Crippen LogP contribution is 2.11. The summed E-state index contributed by atoms with van der Waals surface area (Å²) in [5, 5.41) is 0. The summed E-state index contributed by atoms with van der Waals surface area (Å²) < 4.78 is 0. The monoisotopic (exact) mass is 221 g/mol. The van der Waals surface area contributed by atoms with Crippen LogP contribution in [0.1, 0.15) is 44.0 Å². The first-order valence-corrected chi connectivity index (χ1v) is 5.55. The van der Waals surface area contributed by atoms with Crippen molar-refractivity contribution in [3.05, 3.63) is 43.0 Å². The van der Waals surface area contributed by atoms with Crippen LogP contribution in [0.4, 0.5) is 5.69 Å². The molecular formula is C14H23NO. The fourth-order valence-electron chi connectivity index (χ4n) is 0.941. The lowest BCUT2D eigenvalue weighted by atomic mass is 10.1. The van der Waals surface area contributed by atoms with Crippen LogP contribution in [0.5, 0.6) is 0 Å². The molecule has 2 N–H and O–H groups in total. The van der Waals surface area contributed by atoms with Gasteiger partial charge < -0.3 is 5.73 Å². The third-order valence-corrected chi connectivity index (χ3v) is 1.58. The van der Waals surface area contributed by atoms with Crippen molar-refractivity contribution in [1.29, 1.82) is 0 Å². The maximum Gasteiger partial charge on any atom is 0.164 e. The number of benzene rings is 1. The number of anilines is 1. The second-order valence-corrected chi connectivity index (χ2v) is 3.07. The van der Waals surface area contributed by atoms with Crippen LogP contribution in [-0.4, -0.2) is 5.78 Å². The van der Waals surface area contributed by atoms with E-state index in [2.05, 4.69) is 27.0 Å². The predicted molar refractivity (Wildman–Crippen MR) is 72.7 cm³/mol. The zero-order chi connectivity index (χ0) is 13.0. The van der Waals surface area contributed by atoms with Gasteiger partial charge in [-0.3, -0.25) is 4.79 Å². The number of carbonyl (C=O) groups excluding carboxylic acids is 1. The van der Waals surface area contributed by atoms with Crippen molar-refractivity contribution in [2.24, 2.45) is 0 Å². The first kappa shape index (κ1) is 16.8. The quantitative estimate of drug-likeness (QED) is 0.464. The number of Topliss-reactive ketones (excluding diaryl/α,β-unsaturated/α-hetero) is 1. The Labute approximate surface area is 99.2 Å². The van der Waals surface area contributed by atoms with Gasteiger partial charge in [0.05, 0.1) is 0 Å². The van der Waals surface area contributed by atoms with Gasteiger partial charge in [0.1, 0.15) is 0 Å². The van der Waals surface area contributed by atoms with Gasteiger partial charge in [-0.2, -0.15) is 0 Å². The molecule has 0 amide bonds. The summed E-state index contributed by atoms with van der Waals surface area (Å²) >= 11 is 0. The van der Waals surface area contributed by atoms with Gasteiger partial charge in [0.15, 0.2) is 5.78 Å². The van der Waals surface area contributed by atoms with Gasteiger partial charge >= 0.3 is 0 Å². The standard InChI is InChI=1S/C9H11NO.C3H8.C2H4/c1-2-9(11)7-5-3-4-6-8(7)10;1-3-2;1-2/h3-6H,2,10H2,1H3;3H2,1-2H3;1-2H2. The van der Waals surface area contributed by atoms with Crippen LogP contribution < -0.4 is 5.73 Å². The summed E-state index contributed by atoms with van der Waals surface area (Å²) in [7, 11) is 0. The third-order valence-electron chi connectivity index (χ3n) is 1.58. The summed E-state index contributed by atoms with van der Waals surface area (Å²) in [6, 6.07) is 7.13. The molecule has 0 saturated heterocycles. The first-order chi connectivity index (χ1) is 7.67. The van der Waals surface area contributed by atoms with E-state index in [4.69, 9.17) is 5.73 Å². The molecule has 0 saturated carbocycles. The topological polar surface area (TPSA) is 43.1 Å². The third kappa shape index (κ3) is 6.82. The maximum atomic E-state index is 11.2. The highest BCUT2D eigenvalue weighted by atomic mass is 16.1. The van der Waals surface area contributed by atoms with Crippen LogP contribution in [0.2, 0.25) is 0 Å². The molecule has 0 aliphatic carbocycles. The average molecular weight is 221 g/mol. The number of rotatable bonds is 2. The Morgan fingerprint density at radius 1 is 1.19 bits per heavy atom. The molecule has 0 heterocycles. The molecule has 1 aromatic rings. The van der Waals surface area contributed by atoms with Gasteiger partial charge in [-0.15, -0.1) is 13.2 Å². The Morgan fingerprint density at radius 2 is 1.62 bits per heavy atom. The van der Waals surface area contributed by atoms with Crippen LogP contribution in [0.15, 0.2) is 37.4 Å². The molecule has 0 bridgehead atoms. The minimum absolute atomic E-state index is 0.100. The number of nitrogens with two attached hydrogens (primary N) is 1. The van der Waals surface area contributed by atoms with E-state index in [1.807, 2.05) is 19.1 Å². The number of carbonyl (C=O) groups is 1. The van der Waals surface area contributed by atoms with Gasteiger partial charge in [0, 0.05) is 17.7 Å². The molecule has 90 valence electrons. The first-order valence-electron chi connectivity index (χ1n) is 5.55. The fourth-order valence-corrected chi connectivity index (χ4v) is 0.941. The highest BCUT2D eigenvalue weighted by Gasteiger charge is 2.04. The van der Waals surface area contributed by atoms with Gasteiger partial charge in [-0.05, 0) is 12.1 Å². The summed E-state index contributed by atoms with van der Waals surface area (Å²) in [5.74, 6) is 0.100. The fraction of sp³-hybridized carbons (Fsp3) is 0.357. The molecule has 0 aliphatic heterocycles. The molecule has 0 fully saturated rings. The van der Waals surface area contributed by atoms with E-state index < -0.39 is 0 Å². The molecule has 0 aliphatic rings. The SMILES string of the molecule is C=C.CCC.CCC(=O)c1ccccc1N. The van der Waals surface area contributed by atoms with E-state index in [1.165, 1.54) is 6.42 Å². The Bertz CT molecular complexity index is 295. The van der Waals surface area contributed by atoms with Crippen LogP contribution in [0, 0.1) is 0 Å². The van der Waals surface area contributed by atoms with Gasteiger partial charge in [-0.1, -0.05) is 39.3 Å². The molecule has 2 heteroatoms. The highest BCUT2D eigenvalue weighted by molar-refractivity contribution is 6.00. The number of ketones is 1. The Morgan fingerprint density at radius 3 is 2.00 bits per heavy atom. The Balaban J connectivity index is 0. The predicted octanol–water partition coefficient (Wildman–Crippen LogP) is 4.08. The Hall–Kier alpha value is -1.57. The molecule has 0 aromatic heterocycles. The summed E-state index contributed by atoms with van der Waals surface area (Å²) in [4.78, 5) is 11.2. The van der Waals surface area contributed by atoms with E-state index in [9.17, 15) is 4.79 Å². The van der Waals surface area contributed by atoms with Crippen molar-refractivity contribution in [3.8, 4) is 0 Å². The minimum atomic E-state index is 0.100. The average Bonchev–Trinajstić information content (AvgIpc) is 2.32. The van der Waals surface area contributed by atoms with Crippen molar-refractivity contribution < 1.29 is 4.79 Å². The largest absolute Gasteiger partial charge is 0.398 e. The van der Waals surface area contributed by atoms with E-state index in [1.54, 1.807) is 12.1 Å². The molecule has 0 spiro atoms. The molecule has 1 rings (SSSR count). The van der Waals surface area contributed by atoms with Crippen LogP contribution in [0.3, 0.4) is 0 Å². The number of para-hydroxylation sites is 1. The lowest BCUT2D eigenvalue weighted by Gasteiger charge is -2.00. The van der Waals surface area contributed by atoms with Crippen LogP contribution in [0.25, 0.3) is 0 Å². The molecule has 0 atom stereocenters. The van der Waals surface area contributed by atoms with Gasteiger partial charge in [-0.25, -0.2) is 0 Å². The summed E-state index contributed by atoms with van der Waals surface area (Å²) in [6.07, 6.45) is 1.76. The van der Waals surface area contributed by atoms with Crippen LogP contribution in [-0.2, 0) is 0 Å². The lowest BCUT2D eigenvalue weighted by Crippen LogP contribution is -2.01. The van der Waals surface area contributed by atoms with E-state index in [0.29, 0.717) is 17.7 Å². The second-order valence-electron chi connectivity index (χ2n) is 3.07. The zero-order valence-electron chi connectivity index (χ0n) is 10.6. The van der Waals surface area contributed by atoms with E-state index >= 15 is 0 Å². The number of hydrogen-bond acceptors (Lipinski definition) is 2. The smallest absolute Gasteiger partial charge is 0.164 e. The summed E-state index contributed by atoms with van der Waals surface area (Å²) in [5.41, 5.74) is 6.78. The van der Waals surface area contributed by atoms with Gasteiger partial charge in [0.25, 0.3) is 0 Å². The molecule has 16 heavy (non-hydrogen) atoms. The molecule has 1 aromatic carbocycles. The van der Waals surface area contributed by atoms with Crippen molar-refractivity contribution in [2.75, 3.05) is 5.73 Å². The number of nitrogen functional groups attached to an aromatic ring is 1. The van der Waals surface area contributed by atoms with E-state index in [-0.39, 0.29) is 5.78 Å².